The molecule has 0 spiro atoms. The normalized spacial score (nSPS) is 13.0. The van der Waals surface area contributed by atoms with E-state index in [1.165, 1.54) is 0 Å². The Balaban J connectivity index is 1.79. The largest absolute Gasteiger partial charge is 0.497 e. The van der Waals surface area contributed by atoms with Crippen LogP contribution in [0, 0.1) is 0 Å². The highest BCUT2D eigenvalue weighted by Gasteiger charge is 2.27. The van der Waals surface area contributed by atoms with Crippen molar-refractivity contribution in [2.45, 2.75) is 25.9 Å². The second-order valence-electron chi connectivity index (χ2n) is 6.90. The van der Waals surface area contributed by atoms with Crippen LogP contribution in [0.1, 0.15) is 35.5 Å². The molecule has 2 aromatic carbocycles. The molecule has 1 heterocycles. The van der Waals surface area contributed by atoms with Gasteiger partial charge in [-0.2, -0.15) is 5.10 Å². The Labute approximate surface area is 175 Å². The van der Waals surface area contributed by atoms with Gasteiger partial charge in [-0.3, -0.25) is 4.79 Å². The number of halogens is 1. The van der Waals surface area contributed by atoms with Gasteiger partial charge in [0.15, 0.2) is 0 Å². The number of methoxy groups -OCH3 is 1. The molecule has 152 valence electrons. The van der Waals surface area contributed by atoms with Crippen molar-refractivity contribution in [3.8, 4) is 11.4 Å². The number of hydrogen-bond donors (Lipinski definition) is 2. The summed E-state index contributed by atoms with van der Waals surface area (Å²) in [4.78, 5) is 12.8. The number of aliphatic hydroxyl groups is 1. The lowest BCUT2D eigenvalue weighted by molar-refractivity contribution is 0.0527. The van der Waals surface area contributed by atoms with Gasteiger partial charge in [0.1, 0.15) is 11.4 Å². The van der Waals surface area contributed by atoms with Crippen LogP contribution in [0.3, 0.4) is 0 Å². The van der Waals surface area contributed by atoms with Gasteiger partial charge in [0, 0.05) is 10.6 Å². The smallest absolute Gasteiger partial charge is 0.254 e. The van der Waals surface area contributed by atoms with Crippen LogP contribution in [0.25, 0.3) is 5.69 Å². The molecule has 3 aromatic rings. The molecule has 29 heavy (non-hydrogen) atoms. The van der Waals surface area contributed by atoms with Crippen molar-refractivity contribution in [2.75, 3.05) is 13.7 Å². The second kappa shape index (κ2) is 8.68. The van der Waals surface area contributed by atoms with Gasteiger partial charge in [0.05, 0.1) is 36.8 Å². The van der Waals surface area contributed by atoms with Gasteiger partial charge in [-0.05, 0) is 43.7 Å². The van der Waals surface area contributed by atoms with Crippen LogP contribution in [0.15, 0.2) is 54.7 Å². The number of amides is 1. The van der Waals surface area contributed by atoms with Crippen molar-refractivity contribution in [3.63, 3.8) is 0 Å². The molecule has 3 rings (SSSR count). The molecule has 0 aliphatic rings. The summed E-state index contributed by atoms with van der Waals surface area (Å²) in [6.45, 7) is 3.61. The lowest BCUT2D eigenvalue weighted by Gasteiger charge is -2.25. The first-order chi connectivity index (χ1) is 13.9. The average Bonchev–Trinajstić information content (AvgIpc) is 3.16. The van der Waals surface area contributed by atoms with Gasteiger partial charge in [-0.25, -0.2) is 4.68 Å². The third kappa shape index (κ3) is 4.44. The summed E-state index contributed by atoms with van der Waals surface area (Å²) in [6, 6.07) is 14.5. The fraction of sp³-hybridized carbons (Fsp3) is 0.273. The highest BCUT2D eigenvalue weighted by Crippen LogP contribution is 2.27. The zero-order valence-electron chi connectivity index (χ0n) is 16.6. The Morgan fingerprint density at radius 2 is 1.93 bits per heavy atom. The summed E-state index contributed by atoms with van der Waals surface area (Å²) in [5, 5.41) is 18.4. The van der Waals surface area contributed by atoms with E-state index in [0.29, 0.717) is 22.6 Å². The molecular formula is C22H24ClN3O3. The molecule has 0 saturated carbocycles. The van der Waals surface area contributed by atoms with Crippen LogP contribution >= 0.6 is 11.6 Å². The maximum atomic E-state index is 12.8. The molecule has 0 aliphatic heterocycles. The minimum Gasteiger partial charge on any atom is -0.497 e. The number of aromatic nitrogens is 2. The van der Waals surface area contributed by atoms with E-state index in [1.54, 1.807) is 49.2 Å². The third-order valence-corrected chi connectivity index (χ3v) is 5.14. The minimum atomic E-state index is -1.30. The fourth-order valence-corrected chi connectivity index (χ4v) is 3.53. The number of hydrogen-bond acceptors (Lipinski definition) is 4. The van der Waals surface area contributed by atoms with E-state index in [1.807, 2.05) is 31.2 Å². The van der Waals surface area contributed by atoms with Gasteiger partial charge in [-0.15, -0.1) is 0 Å². The van der Waals surface area contributed by atoms with E-state index >= 15 is 0 Å². The van der Waals surface area contributed by atoms with Gasteiger partial charge < -0.3 is 15.2 Å². The van der Waals surface area contributed by atoms with E-state index in [4.69, 9.17) is 16.3 Å². The average molecular weight is 414 g/mol. The Morgan fingerprint density at radius 1 is 1.24 bits per heavy atom. The molecule has 6 nitrogen and oxygen atoms in total. The molecule has 1 amide bonds. The van der Waals surface area contributed by atoms with E-state index < -0.39 is 5.60 Å². The van der Waals surface area contributed by atoms with Crippen molar-refractivity contribution in [3.05, 3.63) is 76.6 Å². The molecule has 1 unspecified atom stereocenters. The van der Waals surface area contributed by atoms with E-state index in [0.717, 1.165) is 17.1 Å². The molecule has 0 saturated heterocycles. The minimum absolute atomic E-state index is 0.0203. The highest BCUT2D eigenvalue weighted by molar-refractivity contribution is 6.31. The zero-order chi connectivity index (χ0) is 21.0. The van der Waals surface area contributed by atoms with Crippen LogP contribution in [-0.2, 0) is 12.0 Å². The van der Waals surface area contributed by atoms with Crippen LogP contribution in [0.2, 0.25) is 5.02 Å². The lowest BCUT2D eigenvalue weighted by atomic mass is 9.96. The summed E-state index contributed by atoms with van der Waals surface area (Å²) < 4.78 is 6.92. The van der Waals surface area contributed by atoms with Crippen LogP contribution < -0.4 is 10.1 Å². The number of benzene rings is 2. The van der Waals surface area contributed by atoms with Crippen molar-refractivity contribution in [1.82, 2.24) is 15.1 Å². The predicted octanol–water partition coefficient (Wildman–Crippen LogP) is 3.73. The number of carbonyl (C=O) groups excluding carboxylic acids is 1. The van der Waals surface area contributed by atoms with E-state index in [2.05, 4.69) is 10.4 Å². The number of nitrogens with one attached hydrogen (secondary N) is 1. The van der Waals surface area contributed by atoms with Gasteiger partial charge in [0.25, 0.3) is 5.91 Å². The summed E-state index contributed by atoms with van der Waals surface area (Å²) in [5.74, 6) is 0.452. The van der Waals surface area contributed by atoms with E-state index in [-0.39, 0.29) is 12.5 Å². The highest BCUT2D eigenvalue weighted by atomic mass is 35.5. The Hall–Kier alpha value is -2.83. The summed E-state index contributed by atoms with van der Waals surface area (Å²) >= 11 is 6.19. The lowest BCUT2D eigenvalue weighted by Crippen LogP contribution is -2.39. The van der Waals surface area contributed by atoms with E-state index in [9.17, 15) is 9.90 Å². The predicted molar refractivity (Wildman–Crippen MR) is 113 cm³/mol. The quantitative estimate of drug-likeness (QED) is 0.618. The second-order valence-corrected chi connectivity index (χ2v) is 7.31. The molecule has 0 aliphatic carbocycles. The first-order valence-electron chi connectivity index (χ1n) is 9.34. The number of rotatable bonds is 7. The Bertz CT molecular complexity index is 997. The van der Waals surface area contributed by atoms with Crippen molar-refractivity contribution < 1.29 is 14.6 Å². The van der Waals surface area contributed by atoms with Crippen molar-refractivity contribution >= 4 is 17.5 Å². The topological polar surface area (TPSA) is 76.4 Å². The Morgan fingerprint density at radius 3 is 2.55 bits per heavy atom. The monoisotopic (exact) mass is 413 g/mol. The summed E-state index contributed by atoms with van der Waals surface area (Å²) in [7, 11) is 1.61. The number of carbonyl (C=O) groups is 1. The fourth-order valence-electron chi connectivity index (χ4n) is 3.19. The van der Waals surface area contributed by atoms with Gasteiger partial charge >= 0.3 is 0 Å². The number of nitrogens with zero attached hydrogens (tertiary/aromatic N) is 2. The summed E-state index contributed by atoms with van der Waals surface area (Å²) in [5.41, 5.74) is 1.35. The summed E-state index contributed by atoms with van der Waals surface area (Å²) in [6.07, 6.45) is 2.16. The maximum absolute atomic E-state index is 12.8. The molecule has 1 atom stereocenters. The standard InChI is InChI=1S/C22H24ClN3O3/c1-4-20-17(13-25-26(20)15-9-11-16(29-3)12-10-15)21(27)24-14-22(2,28)18-7-5-6-8-19(18)23/h5-13,28H,4,14H2,1-3H3,(H,24,27). The molecule has 0 bridgehead atoms. The molecule has 0 fully saturated rings. The van der Waals surface area contributed by atoms with Gasteiger partial charge in [-0.1, -0.05) is 36.7 Å². The molecule has 2 N–H and O–H groups in total. The van der Waals surface area contributed by atoms with Gasteiger partial charge in [0.2, 0.25) is 0 Å². The Kier molecular flexibility index (Phi) is 6.25. The van der Waals surface area contributed by atoms with Crippen LogP contribution in [-0.4, -0.2) is 34.4 Å². The van der Waals surface area contributed by atoms with Crippen LogP contribution in [0.5, 0.6) is 5.75 Å². The number of ether oxygens (including phenoxy) is 1. The molecule has 7 heteroatoms. The molecular weight excluding hydrogens is 390 g/mol. The SMILES string of the molecule is CCc1c(C(=O)NCC(C)(O)c2ccccc2Cl)cnn1-c1ccc(OC)cc1. The molecule has 0 radical (unpaired) electrons. The third-order valence-electron chi connectivity index (χ3n) is 4.81. The van der Waals surface area contributed by atoms with Crippen molar-refractivity contribution in [1.29, 1.82) is 0 Å². The van der Waals surface area contributed by atoms with Crippen LogP contribution in [0.4, 0.5) is 0 Å². The maximum Gasteiger partial charge on any atom is 0.254 e. The zero-order valence-corrected chi connectivity index (χ0v) is 17.4. The first-order valence-corrected chi connectivity index (χ1v) is 9.72. The van der Waals surface area contributed by atoms with Crippen molar-refractivity contribution in [2.24, 2.45) is 0 Å². The molecule has 1 aromatic heterocycles. The first kappa shape index (κ1) is 20.9.